The average molecular weight is 420 g/mol. The van der Waals surface area contributed by atoms with Gasteiger partial charge in [-0.3, -0.25) is 14.4 Å². The summed E-state index contributed by atoms with van der Waals surface area (Å²) in [5, 5.41) is 20.1. The summed E-state index contributed by atoms with van der Waals surface area (Å²) in [6.07, 6.45) is -0.705. The van der Waals surface area contributed by atoms with Crippen LogP contribution in [0.4, 0.5) is 0 Å². The second kappa shape index (κ2) is 12.8. The van der Waals surface area contributed by atoms with Crippen LogP contribution in [0.5, 0.6) is 0 Å². The molecule has 0 aromatic heterocycles. The van der Waals surface area contributed by atoms with Crippen LogP contribution in [0.1, 0.15) is 67.2 Å². The van der Waals surface area contributed by atoms with Crippen LogP contribution in [-0.4, -0.2) is 71.4 Å². The third-order valence-corrected chi connectivity index (χ3v) is 4.56. The summed E-state index contributed by atoms with van der Waals surface area (Å²) in [6, 6.07) is 0. The Morgan fingerprint density at radius 2 is 1.52 bits per heavy atom. The lowest BCUT2D eigenvalue weighted by Crippen LogP contribution is -2.38. The monoisotopic (exact) mass is 420 g/mol. The summed E-state index contributed by atoms with van der Waals surface area (Å²) in [5.74, 6) is -1.71. The Kier molecular flexibility index (Phi) is 12.0. The van der Waals surface area contributed by atoms with Gasteiger partial charge in [-0.1, -0.05) is 13.8 Å². The molecule has 0 spiro atoms. The molecule has 2 N–H and O–H groups in total. The minimum absolute atomic E-state index is 0.0315. The molecule has 4 atom stereocenters. The summed E-state index contributed by atoms with van der Waals surface area (Å²) in [6.45, 7) is 8.94. The van der Waals surface area contributed by atoms with Crippen molar-refractivity contribution in [2.24, 2.45) is 0 Å². The molecule has 0 aliphatic heterocycles. The first-order valence-electron chi connectivity index (χ1n) is 9.83. The summed E-state index contributed by atoms with van der Waals surface area (Å²) in [5.41, 5.74) is -1.86. The van der Waals surface area contributed by atoms with Crippen LogP contribution >= 0.6 is 0 Å². The van der Waals surface area contributed by atoms with Crippen LogP contribution in [0, 0.1) is 0 Å². The molecule has 0 saturated carbocycles. The molecule has 0 radical (unpaired) electrons. The minimum atomic E-state index is -0.988. The first-order valence-corrected chi connectivity index (χ1v) is 9.83. The molecule has 0 aromatic rings. The lowest BCUT2D eigenvalue weighted by Gasteiger charge is -2.31. The molecule has 0 aliphatic rings. The van der Waals surface area contributed by atoms with E-state index in [0.29, 0.717) is 12.8 Å². The summed E-state index contributed by atoms with van der Waals surface area (Å²) < 4.78 is 20.6. The molecule has 4 unspecified atom stereocenters. The van der Waals surface area contributed by atoms with E-state index >= 15 is 0 Å². The van der Waals surface area contributed by atoms with Gasteiger partial charge in [0.15, 0.2) is 6.10 Å². The fourth-order valence-electron chi connectivity index (χ4n) is 2.39. The number of esters is 3. The normalized spacial score (nSPS) is 17.4. The first kappa shape index (κ1) is 27.3. The van der Waals surface area contributed by atoms with Crippen molar-refractivity contribution < 1.29 is 43.5 Å². The van der Waals surface area contributed by atoms with Crippen LogP contribution in [0.3, 0.4) is 0 Å². The molecule has 0 aromatic carbocycles. The molecule has 0 fully saturated rings. The van der Waals surface area contributed by atoms with Gasteiger partial charge in [0.25, 0.3) is 0 Å². The third kappa shape index (κ3) is 13.2. The molecule has 9 nitrogen and oxygen atoms in total. The Balaban J connectivity index is 4.62. The first-order chi connectivity index (χ1) is 13.3. The Morgan fingerprint density at radius 3 is 2.00 bits per heavy atom. The van der Waals surface area contributed by atoms with Gasteiger partial charge in [0.2, 0.25) is 0 Å². The number of carbonyl (C=O) groups excluding carboxylic acids is 3. The van der Waals surface area contributed by atoms with E-state index in [-0.39, 0.29) is 32.7 Å². The van der Waals surface area contributed by atoms with E-state index in [1.54, 1.807) is 13.8 Å². The van der Waals surface area contributed by atoms with E-state index in [1.165, 1.54) is 13.8 Å². The Hall–Kier alpha value is -1.71. The maximum atomic E-state index is 12.2. The highest BCUT2D eigenvalue weighted by Crippen LogP contribution is 2.23. The van der Waals surface area contributed by atoms with Crippen molar-refractivity contribution in [2.45, 2.75) is 90.6 Å². The molecule has 0 saturated heterocycles. The molecule has 0 rings (SSSR count). The van der Waals surface area contributed by atoms with E-state index in [0.717, 1.165) is 0 Å². The van der Waals surface area contributed by atoms with E-state index in [1.807, 2.05) is 13.8 Å². The maximum absolute atomic E-state index is 12.2. The third-order valence-electron chi connectivity index (χ3n) is 4.56. The number of aliphatic hydroxyl groups excluding tert-OH is 1. The topological polar surface area (TPSA) is 129 Å². The van der Waals surface area contributed by atoms with Gasteiger partial charge in [-0.2, -0.15) is 0 Å². The Labute approximate surface area is 172 Å². The molecule has 29 heavy (non-hydrogen) atoms. The van der Waals surface area contributed by atoms with Crippen molar-refractivity contribution in [2.75, 3.05) is 19.8 Å². The van der Waals surface area contributed by atoms with E-state index < -0.39 is 41.3 Å². The number of rotatable bonds is 14. The van der Waals surface area contributed by atoms with E-state index in [2.05, 4.69) is 0 Å². The predicted octanol–water partition coefficient (Wildman–Crippen LogP) is 1.51. The number of hydrogen-bond donors (Lipinski definition) is 2. The quantitative estimate of drug-likeness (QED) is 0.317. The van der Waals surface area contributed by atoms with E-state index in [9.17, 15) is 24.6 Å². The second-order valence-corrected chi connectivity index (χ2v) is 7.72. The fraction of sp³-hybridized carbons (Fsp3) is 0.850. The molecule has 170 valence electrons. The average Bonchev–Trinajstić information content (AvgIpc) is 2.61. The van der Waals surface area contributed by atoms with Gasteiger partial charge < -0.3 is 29.2 Å². The van der Waals surface area contributed by atoms with Crippen molar-refractivity contribution in [3.05, 3.63) is 0 Å². The van der Waals surface area contributed by atoms with Gasteiger partial charge >= 0.3 is 17.9 Å². The lowest BCUT2D eigenvalue weighted by atomic mass is 9.95. The van der Waals surface area contributed by atoms with Gasteiger partial charge in [0.1, 0.15) is 13.2 Å². The summed E-state index contributed by atoms with van der Waals surface area (Å²) >= 11 is 0. The maximum Gasteiger partial charge on any atom is 0.308 e. The Morgan fingerprint density at radius 1 is 0.931 bits per heavy atom. The SMILES string of the molecule is CCC(C)(O)CC(O)COC(C)(CC)CC(=O)OCC(COC(C)=O)OC(C)=O. The Bertz CT molecular complexity index is 532. The molecule has 0 amide bonds. The minimum Gasteiger partial charge on any atom is -0.462 e. The fourth-order valence-corrected chi connectivity index (χ4v) is 2.39. The molecule has 0 heterocycles. The van der Waals surface area contributed by atoms with Crippen LogP contribution in [0.25, 0.3) is 0 Å². The number of hydrogen-bond acceptors (Lipinski definition) is 9. The van der Waals surface area contributed by atoms with Crippen molar-refractivity contribution in [3.63, 3.8) is 0 Å². The van der Waals surface area contributed by atoms with Crippen LogP contribution in [-0.2, 0) is 33.3 Å². The zero-order valence-corrected chi connectivity index (χ0v) is 18.4. The van der Waals surface area contributed by atoms with Gasteiger partial charge in [0, 0.05) is 20.3 Å². The summed E-state index contributed by atoms with van der Waals surface area (Å²) in [4.78, 5) is 34.2. The van der Waals surface area contributed by atoms with Gasteiger partial charge in [0.05, 0.1) is 30.3 Å². The predicted molar refractivity (Wildman–Crippen MR) is 104 cm³/mol. The summed E-state index contributed by atoms with van der Waals surface area (Å²) in [7, 11) is 0. The van der Waals surface area contributed by atoms with Crippen LogP contribution < -0.4 is 0 Å². The number of carbonyl (C=O) groups is 3. The van der Waals surface area contributed by atoms with Crippen LogP contribution in [0.15, 0.2) is 0 Å². The molecular formula is C20H36O9. The highest BCUT2D eigenvalue weighted by molar-refractivity contribution is 5.71. The van der Waals surface area contributed by atoms with Crippen LogP contribution in [0.2, 0.25) is 0 Å². The highest BCUT2D eigenvalue weighted by atomic mass is 16.6. The zero-order chi connectivity index (χ0) is 22.7. The van der Waals surface area contributed by atoms with Gasteiger partial charge in [-0.15, -0.1) is 0 Å². The zero-order valence-electron chi connectivity index (χ0n) is 18.4. The van der Waals surface area contributed by atoms with Crippen molar-refractivity contribution in [3.8, 4) is 0 Å². The standard InChI is InChI=1S/C20H36O9/c1-7-19(5,25)9-16(23)11-28-20(6,8-2)10-18(24)27-13-17(29-15(4)22)12-26-14(3)21/h16-17,23,25H,7-13H2,1-6H3. The number of ether oxygens (including phenoxy) is 4. The largest absolute Gasteiger partial charge is 0.462 e. The molecule has 0 bridgehead atoms. The highest BCUT2D eigenvalue weighted by Gasteiger charge is 2.30. The second-order valence-electron chi connectivity index (χ2n) is 7.72. The molecular weight excluding hydrogens is 384 g/mol. The number of aliphatic hydroxyl groups is 2. The van der Waals surface area contributed by atoms with Gasteiger partial charge in [-0.25, -0.2) is 0 Å². The molecule has 9 heteroatoms. The van der Waals surface area contributed by atoms with Crippen molar-refractivity contribution >= 4 is 17.9 Å². The van der Waals surface area contributed by atoms with Crippen molar-refractivity contribution in [1.82, 2.24) is 0 Å². The van der Waals surface area contributed by atoms with E-state index in [4.69, 9.17) is 18.9 Å². The van der Waals surface area contributed by atoms with Crippen molar-refractivity contribution in [1.29, 1.82) is 0 Å². The van der Waals surface area contributed by atoms with Gasteiger partial charge in [-0.05, 0) is 26.7 Å². The smallest absolute Gasteiger partial charge is 0.308 e. The molecule has 0 aliphatic carbocycles. The lowest BCUT2D eigenvalue weighted by molar-refractivity contribution is -0.168.